The third-order valence-electron chi connectivity index (χ3n) is 3.47. The number of halogens is 3. The Morgan fingerprint density at radius 1 is 1.19 bits per heavy atom. The lowest BCUT2D eigenvalue weighted by atomic mass is 10.1. The predicted octanol–water partition coefficient (Wildman–Crippen LogP) is 0.526. The molecule has 8 heteroatoms. The topological polar surface area (TPSA) is 69.8 Å². The number of rotatable bonds is 3. The van der Waals surface area contributed by atoms with Crippen molar-refractivity contribution in [3.05, 3.63) is 29.1 Å². The van der Waals surface area contributed by atoms with Gasteiger partial charge in [-0.2, -0.15) is 4.39 Å². The second-order valence-corrected chi connectivity index (χ2v) is 4.81. The van der Waals surface area contributed by atoms with Crippen LogP contribution in [0.3, 0.4) is 0 Å². The highest BCUT2D eigenvalue weighted by Gasteiger charge is 2.27. The number of piperazine rings is 1. The maximum atomic E-state index is 13.7. The van der Waals surface area contributed by atoms with Crippen LogP contribution in [-0.2, 0) is 0 Å². The van der Waals surface area contributed by atoms with Crippen LogP contribution in [0.4, 0.5) is 13.2 Å². The van der Waals surface area contributed by atoms with Gasteiger partial charge in [0.15, 0.2) is 17.4 Å². The van der Waals surface area contributed by atoms with E-state index >= 15 is 0 Å². The molecule has 2 rings (SSSR count). The Morgan fingerprint density at radius 3 is 2.38 bits per heavy atom. The van der Waals surface area contributed by atoms with Crippen molar-refractivity contribution in [2.24, 2.45) is 5.73 Å². The summed E-state index contributed by atoms with van der Waals surface area (Å²) in [7, 11) is 0. The summed E-state index contributed by atoms with van der Waals surface area (Å²) in [6, 6.07) is 0.471. The summed E-state index contributed by atoms with van der Waals surface area (Å²) in [6.07, 6.45) is 0. The number of hydrogen-bond donors (Lipinski definition) is 2. The first kappa shape index (κ1) is 15.6. The van der Waals surface area contributed by atoms with E-state index in [1.807, 2.05) is 4.90 Å². The number of carbonyl (C=O) groups excluding carboxylic acids is 1. The zero-order valence-electron chi connectivity index (χ0n) is 11.3. The Bertz CT molecular complexity index is 546. The number of nitrogens with two attached hydrogens (primary N) is 1. The molecule has 0 spiro atoms. The minimum Gasteiger partial charge on any atom is -0.503 e. The van der Waals surface area contributed by atoms with Gasteiger partial charge in [0, 0.05) is 39.3 Å². The van der Waals surface area contributed by atoms with Gasteiger partial charge in [0.25, 0.3) is 5.91 Å². The van der Waals surface area contributed by atoms with E-state index in [1.54, 1.807) is 0 Å². The summed E-state index contributed by atoms with van der Waals surface area (Å²) in [5, 5.41) is 9.14. The Labute approximate surface area is 119 Å². The van der Waals surface area contributed by atoms with Crippen LogP contribution in [0.15, 0.2) is 6.07 Å². The number of phenols is 1. The van der Waals surface area contributed by atoms with Gasteiger partial charge in [0.05, 0.1) is 5.56 Å². The first-order valence-corrected chi connectivity index (χ1v) is 6.54. The molecule has 1 saturated heterocycles. The van der Waals surface area contributed by atoms with Gasteiger partial charge in [-0.1, -0.05) is 0 Å². The predicted molar refractivity (Wildman–Crippen MR) is 69.4 cm³/mol. The number of aromatic hydroxyl groups is 1. The van der Waals surface area contributed by atoms with Crippen molar-refractivity contribution in [3.8, 4) is 5.75 Å². The summed E-state index contributed by atoms with van der Waals surface area (Å²) < 4.78 is 39.9. The zero-order chi connectivity index (χ0) is 15.6. The molecule has 3 N–H and O–H groups in total. The lowest BCUT2D eigenvalue weighted by molar-refractivity contribution is 0.0634. The van der Waals surface area contributed by atoms with Crippen LogP contribution in [0.25, 0.3) is 0 Å². The van der Waals surface area contributed by atoms with E-state index in [1.165, 1.54) is 4.90 Å². The Kier molecular flexibility index (Phi) is 4.69. The van der Waals surface area contributed by atoms with Gasteiger partial charge in [-0.05, 0) is 6.07 Å². The molecule has 1 heterocycles. The molecule has 0 aromatic heterocycles. The van der Waals surface area contributed by atoms with Crippen molar-refractivity contribution in [2.45, 2.75) is 0 Å². The lowest BCUT2D eigenvalue weighted by Gasteiger charge is -2.34. The smallest absolute Gasteiger partial charge is 0.257 e. The minimum atomic E-state index is -1.70. The van der Waals surface area contributed by atoms with Crippen LogP contribution < -0.4 is 5.73 Å². The van der Waals surface area contributed by atoms with Crippen molar-refractivity contribution < 1.29 is 23.1 Å². The van der Waals surface area contributed by atoms with Gasteiger partial charge in [-0.3, -0.25) is 9.69 Å². The normalized spacial score (nSPS) is 16.3. The number of hydrogen-bond acceptors (Lipinski definition) is 4. The third kappa shape index (κ3) is 3.11. The molecule has 1 amide bonds. The average Bonchev–Trinajstić information content (AvgIpc) is 2.49. The first-order valence-electron chi connectivity index (χ1n) is 6.54. The summed E-state index contributed by atoms with van der Waals surface area (Å²) in [6.45, 7) is 3.00. The molecule has 5 nitrogen and oxygen atoms in total. The molecule has 21 heavy (non-hydrogen) atoms. The van der Waals surface area contributed by atoms with Crippen molar-refractivity contribution in [1.29, 1.82) is 0 Å². The van der Waals surface area contributed by atoms with Crippen LogP contribution >= 0.6 is 0 Å². The zero-order valence-corrected chi connectivity index (χ0v) is 11.3. The molecular formula is C13H16F3N3O2. The number of carbonyl (C=O) groups is 1. The van der Waals surface area contributed by atoms with Gasteiger partial charge in [-0.25, -0.2) is 8.78 Å². The minimum absolute atomic E-state index is 0.331. The molecular weight excluding hydrogens is 287 g/mol. The second kappa shape index (κ2) is 6.31. The standard InChI is InChI=1S/C13H16F3N3O2/c14-9-7-8(10(15)12(20)11(9)16)13(21)19-5-3-18(2-1-17)4-6-19/h7,20H,1-6,17H2. The Morgan fingerprint density at radius 2 is 1.81 bits per heavy atom. The molecule has 0 aliphatic carbocycles. The largest absolute Gasteiger partial charge is 0.503 e. The third-order valence-corrected chi connectivity index (χ3v) is 3.47. The highest BCUT2D eigenvalue weighted by molar-refractivity contribution is 5.95. The van der Waals surface area contributed by atoms with Crippen LogP contribution in [0.2, 0.25) is 0 Å². The van der Waals surface area contributed by atoms with Crippen molar-refractivity contribution in [1.82, 2.24) is 9.80 Å². The molecule has 0 radical (unpaired) electrons. The van der Waals surface area contributed by atoms with Crippen LogP contribution in [-0.4, -0.2) is 60.1 Å². The van der Waals surface area contributed by atoms with Crippen LogP contribution in [0.5, 0.6) is 5.75 Å². The fourth-order valence-electron chi connectivity index (χ4n) is 2.27. The average molecular weight is 303 g/mol. The highest BCUT2D eigenvalue weighted by Crippen LogP contribution is 2.26. The maximum Gasteiger partial charge on any atom is 0.257 e. The van der Waals surface area contributed by atoms with Gasteiger partial charge < -0.3 is 15.7 Å². The summed E-state index contributed by atoms with van der Waals surface area (Å²) in [4.78, 5) is 15.5. The summed E-state index contributed by atoms with van der Waals surface area (Å²) >= 11 is 0. The molecule has 1 aromatic carbocycles. The number of benzene rings is 1. The van der Waals surface area contributed by atoms with E-state index < -0.39 is 34.7 Å². The quantitative estimate of drug-likeness (QED) is 0.799. The summed E-state index contributed by atoms with van der Waals surface area (Å²) in [5.41, 5.74) is 4.77. The van der Waals surface area contributed by atoms with Gasteiger partial charge in [0.2, 0.25) is 5.82 Å². The Balaban J connectivity index is 2.15. The molecule has 1 fully saturated rings. The van der Waals surface area contributed by atoms with Gasteiger partial charge in [-0.15, -0.1) is 0 Å². The molecule has 1 aliphatic rings. The molecule has 0 saturated carbocycles. The van der Waals surface area contributed by atoms with Crippen molar-refractivity contribution in [3.63, 3.8) is 0 Å². The van der Waals surface area contributed by atoms with E-state index in [-0.39, 0.29) is 0 Å². The van der Waals surface area contributed by atoms with E-state index in [4.69, 9.17) is 10.8 Å². The second-order valence-electron chi connectivity index (χ2n) is 4.81. The van der Waals surface area contributed by atoms with Crippen molar-refractivity contribution >= 4 is 5.91 Å². The number of nitrogens with zero attached hydrogens (tertiary/aromatic N) is 2. The monoisotopic (exact) mass is 303 g/mol. The Hall–Kier alpha value is -1.80. The molecule has 0 unspecified atom stereocenters. The first-order chi connectivity index (χ1) is 9.95. The molecule has 116 valence electrons. The van der Waals surface area contributed by atoms with E-state index in [0.29, 0.717) is 45.3 Å². The molecule has 1 aliphatic heterocycles. The highest BCUT2D eigenvalue weighted by atomic mass is 19.2. The van der Waals surface area contributed by atoms with E-state index in [0.717, 1.165) is 0 Å². The molecule has 0 bridgehead atoms. The van der Waals surface area contributed by atoms with Crippen LogP contribution in [0, 0.1) is 17.5 Å². The molecule has 0 atom stereocenters. The fraction of sp³-hybridized carbons (Fsp3) is 0.462. The summed E-state index contributed by atoms with van der Waals surface area (Å²) in [5.74, 6) is -6.84. The number of amides is 1. The van der Waals surface area contributed by atoms with Crippen LogP contribution in [0.1, 0.15) is 10.4 Å². The van der Waals surface area contributed by atoms with E-state index in [2.05, 4.69) is 0 Å². The van der Waals surface area contributed by atoms with Crippen molar-refractivity contribution in [2.75, 3.05) is 39.3 Å². The molecule has 1 aromatic rings. The number of phenolic OH excluding ortho intramolecular Hbond substituents is 1. The fourth-order valence-corrected chi connectivity index (χ4v) is 2.27. The van der Waals surface area contributed by atoms with Gasteiger partial charge >= 0.3 is 0 Å². The SMILES string of the molecule is NCCN1CCN(C(=O)c2cc(F)c(F)c(O)c2F)CC1. The van der Waals surface area contributed by atoms with Gasteiger partial charge in [0.1, 0.15) is 0 Å². The van der Waals surface area contributed by atoms with E-state index in [9.17, 15) is 18.0 Å². The lowest BCUT2D eigenvalue weighted by Crippen LogP contribution is -2.49. The maximum absolute atomic E-state index is 13.7.